The first kappa shape index (κ1) is 9.15. The molecule has 0 aliphatic heterocycles. The molecule has 0 saturated carbocycles. The zero-order valence-corrected chi connectivity index (χ0v) is 8.32. The van der Waals surface area contributed by atoms with E-state index < -0.39 is 0 Å². The molecule has 4 heteroatoms. The molecule has 1 aromatic carbocycles. The number of nitrogens with one attached hydrogen (secondary N) is 1. The second kappa shape index (κ2) is 3.38. The van der Waals surface area contributed by atoms with Gasteiger partial charge in [-0.25, -0.2) is 4.39 Å². The van der Waals surface area contributed by atoms with Crippen LogP contribution in [0.3, 0.4) is 0 Å². The van der Waals surface area contributed by atoms with Crippen molar-refractivity contribution in [2.45, 2.75) is 6.92 Å². The fraction of sp³-hybridized carbons (Fsp3) is 0.100. The van der Waals surface area contributed by atoms with Crippen LogP contribution < -0.4 is 4.87 Å². The first-order valence-corrected chi connectivity index (χ1v) is 4.99. The number of hydrogen-bond acceptors (Lipinski definition) is 2. The van der Waals surface area contributed by atoms with Gasteiger partial charge in [0.2, 0.25) is 0 Å². The van der Waals surface area contributed by atoms with Gasteiger partial charge in [0.15, 0.2) is 0 Å². The van der Waals surface area contributed by atoms with E-state index in [2.05, 4.69) is 4.98 Å². The van der Waals surface area contributed by atoms with E-state index in [1.165, 1.54) is 6.07 Å². The Morgan fingerprint density at radius 2 is 2.21 bits per heavy atom. The Bertz CT molecular complexity index is 515. The number of aromatic amines is 1. The second-order valence-corrected chi connectivity index (χ2v) is 3.87. The Hall–Kier alpha value is -1.42. The van der Waals surface area contributed by atoms with Crippen LogP contribution in [0.5, 0.6) is 0 Å². The highest BCUT2D eigenvalue weighted by Crippen LogP contribution is 2.19. The van der Waals surface area contributed by atoms with Crippen molar-refractivity contribution >= 4 is 11.3 Å². The van der Waals surface area contributed by atoms with Gasteiger partial charge in [0, 0.05) is 10.9 Å². The maximum atomic E-state index is 13.2. The number of aryl methyl sites for hydroxylation is 1. The van der Waals surface area contributed by atoms with Gasteiger partial charge in [0.25, 0.3) is 0 Å². The van der Waals surface area contributed by atoms with E-state index in [1.807, 2.05) is 0 Å². The second-order valence-electron chi connectivity index (χ2n) is 3.03. The molecule has 1 heterocycles. The number of thiazole rings is 1. The summed E-state index contributed by atoms with van der Waals surface area (Å²) in [5.74, 6) is -0.255. The molecule has 0 unspecified atom stereocenters. The number of H-pyrrole nitrogens is 1. The summed E-state index contributed by atoms with van der Waals surface area (Å²) in [5, 5.41) is 1.69. The molecule has 0 bridgehead atoms. The molecule has 72 valence electrons. The Kier molecular flexibility index (Phi) is 2.21. The number of aromatic nitrogens is 1. The average molecular weight is 209 g/mol. The molecule has 2 nitrogen and oxygen atoms in total. The zero-order valence-electron chi connectivity index (χ0n) is 7.50. The third-order valence-corrected chi connectivity index (χ3v) is 2.67. The summed E-state index contributed by atoms with van der Waals surface area (Å²) >= 11 is 1.08. The van der Waals surface area contributed by atoms with Crippen molar-refractivity contribution in [3.8, 4) is 11.3 Å². The molecular formula is C10H8FNOS. The predicted molar refractivity (Wildman–Crippen MR) is 55.1 cm³/mol. The van der Waals surface area contributed by atoms with Gasteiger partial charge in [-0.05, 0) is 18.6 Å². The number of hydrogen-bond donors (Lipinski definition) is 1. The molecule has 14 heavy (non-hydrogen) atoms. The highest BCUT2D eigenvalue weighted by molar-refractivity contribution is 7.07. The highest BCUT2D eigenvalue weighted by atomic mass is 32.1. The quantitative estimate of drug-likeness (QED) is 0.769. The fourth-order valence-corrected chi connectivity index (χ4v) is 1.77. The van der Waals surface area contributed by atoms with E-state index in [4.69, 9.17) is 0 Å². The molecule has 0 aliphatic rings. The number of benzene rings is 1. The van der Waals surface area contributed by atoms with Crippen LogP contribution in [-0.2, 0) is 0 Å². The van der Waals surface area contributed by atoms with Crippen molar-refractivity contribution in [1.29, 1.82) is 0 Å². The van der Waals surface area contributed by atoms with Gasteiger partial charge in [-0.15, -0.1) is 0 Å². The van der Waals surface area contributed by atoms with Crippen LogP contribution in [0.4, 0.5) is 4.39 Å². The summed E-state index contributed by atoms with van der Waals surface area (Å²) < 4.78 is 13.2. The van der Waals surface area contributed by atoms with E-state index in [0.717, 1.165) is 11.3 Å². The maximum absolute atomic E-state index is 13.2. The summed E-state index contributed by atoms with van der Waals surface area (Å²) in [6, 6.07) is 4.91. The molecule has 0 spiro atoms. The van der Waals surface area contributed by atoms with Crippen molar-refractivity contribution in [1.82, 2.24) is 4.98 Å². The van der Waals surface area contributed by atoms with Crippen LogP contribution in [-0.4, -0.2) is 4.98 Å². The molecule has 0 radical (unpaired) electrons. The lowest BCUT2D eigenvalue weighted by atomic mass is 10.1. The smallest absolute Gasteiger partial charge is 0.304 e. The van der Waals surface area contributed by atoms with Gasteiger partial charge < -0.3 is 4.98 Å². The summed E-state index contributed by atoms with van der Waals surface area (Å²) in [6.45, 7) is 1.70. The molecular weight excluding hydrogens is 201 g/mol. The Balaban J connectivity index is 2.52. The van der Waals surface area contributed by atoms with Crippen LogP contribution in [0.15, 0.2) is 28.4 Å². The molecule has 0 atom stereocenters. The van der Waals surface area contributed by atoms with Crippen LogP contribution >= 0.6 is 11.3 Å². The van der Waals surface area contributed by atoms with E-state index in [9.17, 15) is 9.18 Å². The lowest BCUT2D eigenvalue weighted by molar-refractivity contribution is 0.619. The molecule has 0 amide bonds. The fourth-order valence-electron chi connectivity index (χ4n) is 1.18. The van der Waals surface area contributed by atoms with Crippen LogP contribution in [0.25, 0.3) is 11.3 Å². The average Bonchev–Trinajstić information content (AvgIpc) is 2.57. The number of rotatable bonds is 1. The van der Waals surface area contributed by atoms with E-state index in [0.29, 0.717) is 16.8 Å². The van der Waals surface area contributed by atoms with Gasteiger partial charge in [0.05, 0.1) is 5.69 Å². The minimum atomic E-state index is -0.255. The van der Waals surface area contributed by atoms with Crippen molar-refractivity contribution in [2.75, 3.05) is 0 Å². The largest absolute Gasteiger partial charge is 0.312 e. The van der Waals surface area contributed by atoms with Crippen molar-refractivity contribution in [3.63, 3.8) is 0 Å². The summed E-state index contributed by atoms with van der Waals surface area (Å²) in [4.78, 5) is 13.4. The van der Waals surface area contributed by atoms with Gasteiger partial charge >= 0.3 is 4.87 Å². The molecule has 0 fully saturated rings. The molecule has 2 rings (SSSR count). The topological polar surface area (TPSA) is 32.9 Å². The van der Waals surface area contributed by atoms with Gasteiger partial charge in [0.1, 0.15) is 5.82 Å². The Labute approximate surface area is 84.0 Å². The zero-order chi connectivity index (χ0) is 10.1. The van der Waals surface area contributed by atoms with Gasteiger partial charge in [-0.1, -0.05) is 23.5 Å². The monoisotopic (exact) mass is 209 g/mol. The lowest BCUT2D eigenvalue weighted by Gasteiger charge is -1.99. The highest BCUT2D eigenvalue weighted by Gasteiger charge is 2.03. The van der Waals surface area contributed by atoms with E-state index in [-0.39, 0.29) is 10.7 Å². The van der Waals surface area contributed by atoms with E-state index >= 15 is 0 Å². The molecule has 0 aliphatic carbocycles. The molecule has 1 aromatic heterocycles. The van der Waals surface area contributed by atoms with Crippen LogP contribution in [0, 0.1) is 12.7 Å². The normalized spacial score (nSPS) is 10.4. The summed E-state index contributed by atoms with van der Waals surface area (Å²) in [5.41, 5.74) is 1.97. The molecule has 0 saturated heterocycles. The van der Waals surface area contributed by atoms with Crippen molar-refractivity contribution in [3.05, 3.63) is 44.6 Å². The SMILES string of the molecule is Cc1ccc(-c2csc(=O)[nH]2)cc1F. The molecule has 2 aromatic rings. The number of halogens is 1. The van der Waals surface area contributed by atoms with Gasteiger partial charge in [-0.2, -0.15) is 0 Å². The maximum Gasteiger partial charge on any atom is 0.304 e. The Morgan fingerprint density at radius 3 is 2.79 bits per heavy atom. The lowest BCUT2D eigenvalue weighted by Crippen LogP contribution is -1.93. The van der Waals surface area contributed by atoms with Gasteiger partial charge in [-0.3, -0.25) is 4.79 Å². The molecule has 1 N–H and O–H groups in total. The third-order valence-electron chi connectivity index (χ3n) is 2.00. The minimum absolute atomic E-state index is 0.124. The van der Waals surface area contributed by atoms with E-state index in [1.54, 1.807) is 24.4 Å². The first-order chi connectivity index (χ1) is 6.66. The third kappa shape index (κ3) is 1.61. The first-order valence-electron chi connectivity index (χ1n) is 4.11. The standard InChI is InChI=1S/C10H8FNOS/c1-6-2-3-7(4-8(6)11)9-5-14-10(13)12-9/h2-5H,1H3,(H,12,13). The van der Waals surface area contributed by atoms with Crippen LogP contribution in [0.2, 0.25) is 0 Å². The summed E-state index contributed by atoms with van der Waals surface area (Å²) in [6.07, 6.45) is 0. The van der Waals surface area contributed by atoms with Crippen molar-refractivity contribution < 1.29 is 4.39 Å². The van der Waals surface area contributed by atoms with Crippen LogP contribution in [0.1, 0.15) is 5.56 Å². The minimum Gasteiger partial charge on any atom is -0.312 e. The van der Waals surface area contributed by atoms with Crippen molar-refractivity contribution in [2.24, 2.45) is 0 Å². The summed E-state index contributed by atoms with van der Waals surface area (Å²) in [7, 11) is 0. The predicted octanol–water partition coefficient (Wildman–Crippen LogP) is 2.55. The Morgan fingerprint density at radius 1 is 1.43 bits per heavy atom.